The Balaban J connectivity index is 2.23. The van der Waals surface area contributed by atoms with Gasteiger partial charge in [-0.3, -0.25) is 4.79 Å². The Kier molecular flexibility index (Phi) is 5.88. The van der Waals surface area contributed by atoms with Crippen LogP contribution >= 0.6 is 0 Å². The van der Waals surface area contributed by atoms with Crippen LogP contribution in [-0.2, 0) is 9.53 Å². The molecule has 1 fully saturated rings. The third kappa shape index (κ3) is 4.61. The van der Waals surface area contributed by atoms with Gasteiger partial charge in [0.05, 0.1) is 12.2 Å². The highest BCUT2D eigenvalue weighted by atomic mass is 16.5. The van der Waals surface area contributed by atoms with E-state index in [1.165, 1.54) is 0 Å². The number of hydrogen-bond acceptors (Lipinski definition) is 4. The zero-order valence-electron chi connectivity index (χ0n) is 10.7. The highest BCUT2D eigenvalue weighted by Gasteiger charge is 2.23. The molecule has 1 aliphatic rings. The first kappa shape index (κ1) is 14.4. The number of nitrogens with two attached hydrogens (primary N) is 1. The second-order valence-corrected chi connectivity index (χ2v) is 4.85. The number of carbonyl (C=O) groups is 1. The number of hydrogen-bond donors (Lipinski definition) is 3. The van der Waals surface area contributed by atoms with E-state index in [9.17, 15) is 9.90 Å². The summed E-state index contributed by atoms with van der Waals surface area (Å²) >= 11 is 0. The Hall–Kier alpha value is -0.650. The molecule has 1 amide bonds. The van der Waals surface area contributed by atoms with Crippen LogP contribution in [0.4, 0.5) is 0 Å². The van der Waals surface area contributed by atoms with Crippen molar-refractivity contribution < 1.29 is 14.6 Å². The highest BCUT2D eigenvalue weighted by Crippen LogP contribution is 2.24. The number of aliphatic hydroxyl groups is 1. The van der Waals surface area contributed by atoms with Gasteiger partial charge in [-0.2, -0.15) is 0 Å². The molecule has 4 N–H and O–H groups in total. The minimum absolute atomic E-state index is 0.142. The molecule has 2 atom stereocenters. The van der Waals surface area contributed by atoms with Crippen molar-refractivity contribution in [2.24, 2.45) is 11.7 Å². The first-order chi connectivity index (χ1) is 8.04. The lowest BCUT2D eigenvalue weighted by Gasteiger charge is -2.27. The molecule has 0 bridgehead atoms. The number of aliphatic hydroxyl groups excluding tert-OH is 1. The molecule has 0 unspecified atom stereocenters. The first-order valence-corrected chi connectivity index (χ1v) is 6.31. The van der Waals surface area contributed by atoms with Crippen molar-refractivity contribution >= 4 is 5.91 Å². The fraction of sp³-hybridized carbons (Fsp3) is 0.917. The molecule has 0 saturated heterocycles. The molecule has 0 aromatic heterocycles. The van der Waals surface area contributed by atoms with Crippen LogP contribution in [0, 0.1) is 5.92 Å². The molecule has 0 spiro atoms. The molecule has 0 radical (unpaired) electrons. The fourth-order valence-corrected chi connectivity index (χ4v) is 2.08. The molecule has 1 saturated carbocycles. The lowest BCUT2D eigenvalue weighted by atomic mass is 9.88. The van der Waals surface area contributed by atoms with Gasteiger partial charge in [0, 0.05) is 13.7 Å². The molecule has 100 valence electrons. The van der Waals surface area contributed by atoms with Crippen molar-refractivity contribution in [3.8, 4) is 0 Å². The van der Waals surface area contributed by atoms with Gasteiger partial charge in [-0.15, -0.1) is 0 Å². The van der Waals surface area contributed by atoms with Crippen molar-refractivity contribution in [3.63, 3.8) is 0 Å². The molecule has 0 heterocycles. The van der Waals surface area contributed by atoms with Gasteiger partial charge in [-0.1, -0.05) is 0 Å². The maximum atomic E-state index is 11.3. The van der Waals surface area contributed by atoms with Crippen LogP contribution in [0.3, 0.4) is 0 Å². The normalized spacial score (nSPS) is 28.5. The third-order valence-electron chi connectivity index (χ3n) is 3.47. The number of likely N-dealkylation sites (N-methyl/N-ethyl adjacent to an activating group) is 1. The van der Waals surface area contributed by atoms with Gasteiger partial charge in [-0.25, -0.2) is 0 Å². The maximum absolute atomic E-state index is 11.3. The summed E-state index contributed by atoms with van der Waals surface area (Å²) in [6, 6.07) is -0.616. The molecule has 5 heteroatoms. The average molecular weight is 244 g/mol. The predicted octanol–water partition coefficient (Wildman–Crippen LogP) is 0.0159. The number of ether oxygens (including phenoxy) is 1. The SMILES string of the molecule is CNC(=O)[C@@H](N)[C@@H](C)OCC1CCC(O)CC1. The van der Waals surface area contributed by atoms with Crippen LogP contribution in [0.25, 0.3) is 0 Å². The number of carbonyl (C=O) groups excluding carboxylic acids is 1. The van der Waals surface area contributed by atoms with E-state index >= 15 is 0 Å². The summed E-state index contributed by atoms with van der Waals surface area (Å²) in [6.07, 6.45) is 3.26. The van der Waals surface area contributed by atoms with E-state index in [0.717, 1.165) is 25.7 Å². The summed E-state index contributed by atoms with van der Waals surface area (Å²) in [4.78, 5) is 11.3. The Bertz CT molecular complexity index is 240. The molecule has 0 aliphatic heterocycles. The smallest absolute Gasteiger partial charge is 0.239 e. The largest absolute Gasteiger partial charge is 0.393 e. The summed E-state index contributed by atoms with van der Waals surface area (Å²) in [5.41, 5.74) is 5.73. The van der Waals surface area contributed by atoms with E-state index in [1.54, 1.807) is 7.05 Å². The van der Waals surface area contributed by atoms with Gasteiger partial charge in [0.15, 0.2) is 0 Å². The Morgan fingerprint density at radius 3 is 2.59 bits per heavy atom. The van der Waals surface area contributed by atoms with Crippen molar-refractivity contribution in [3.05, 3.63) is 0 Å². The summed E-state index contributed by atoms with van der Waals surface area (Å²) < 4.78 is 5.63. The lowest BCUT2D eigenvalue weighted by Crippen LogP contribution is -2.47. The van der Waals surface area contributed by atoms with Crippen molar-refractivity contribution in [2.45, 2.75) is 50.9 Å². The van der Waals surface area contributed by atoms with Gasteiger partial charge in [0.2, 0.25) is 5.91 Å². The summed E-state index contributed by atoms with van der Waals surface area (Å²) in [5.74, 6) is 0.286. The molecular formula is C12H24N2O3. The van der Waals surface area contributed by atoms with Gasteiger partial charge in [0.1, 0.15) is 6.04 Å². The molecule has 17 heavy (non-hydrogen) atoms. The monoisotopic (exact) mass is 244 g/mol. The first-order valence-electron chi connectivity index (χ1n) is 6.31. The standard InChI is InChI=1S/C12H24N2O3/c1-8(11(13)12(16)14-2)17-7-9-3-5-10(15)6-4-9/h8-11,15H,3-7,13H2,1-2H3,(H,14,16)/t8-,9?,10?,11+/m1/s1. The molecule has 5 nitrogen and oxygen atoms in total. The average Bonchev–Trinajstić information content (AvgIpc) is 2.35. The number of nitrogens with one attached hydrogen (secondary N) is 1. The molecule has 0 aromatic carbocycles. The quantitative estimate of drug-likeness (QED) is 0.636. The van der Waals surface area contributed by atoms with Crippen LogP contribution in [0.15, 0.2) is 0 Å². The molecule has 1 aliphatic carbocycles. The highest BCUT2D eigenvalue weighted by molar-refractivity contribution is 5.81. The van der Waals surface area contributed by atoms with E-state index in [0.29, 0.717) is 12.5 Å². The van der Waals surface area contributed by atoms with Crippen molar-refractivity contribution in [1.82, 2.24) is 5.32 Å². The van der Waals surface area contributed by atoms with Gasteiger partial charge in [0.25, 0.3) is 0 Å². The molecular weight excluding hydrogens is 220 g/mol. The molecule has 0 aromatic rings. The van der Waals surface area contributed by atoms with Gasteiger partial charge in [-0.05, 0) is 38.5 Å². The van der Waals surface area contributed by atoms with Gasteiger partial charge < -0.3 is 20.9 Å². The van der Waals surface area contributed by atoms with Crippen LogP contribution in [0.2, 0.25) is 0 Å². The Labute approximate surface area is 103 Å². The number of rotatable bonds is 5. The third-order valence-corrected chi connectivity index (χ3v) is 3.47. The summed E-state index contributed by atoms with van der Waals surface area (Å²) in [5, 5.41) is 11.9. The van der Waals surface area contributed by atoms with Crippen LogP contribution in [0.5, 0.6) is 0 Å². The zero-order valence-corrected chi connectivity index (χ0v) is 10.7. The fourth-order valence-electron chi connectivity index (χ4n) is 2.08. The zero-order chi connectivity index (χ0) is 12.8. The van der Waals surface area contributed by atoms with E-state index in [-0.39, 0.29) is 18.1 Å². The summed E-state index contributed by atoms with van der Waals surface area (Å²) in [6.45, 7) is 2.44. The van der Waals surface area contributed by atoms with Crippen LogP contribution in [-0.4, -0.2) is 42.9 Å². The van der Waals surface area contributed by atoms with Crippen LogP contribution in [0.1, 0.15) is 32.6 Å². The van der Waals surface area contributed by atoms with Crippen molar-refractivity contribution in [1.29, 1.82) is 0 Å². The minimum atomic E-state index is -0.616. The Morgan fingerprint density at radius 2 is 2.06 bits per heavy atom. The van der Waals surface area contributed by atoms with Gasteiger partial charge >= 0.3 is 0 Å². The maximum Gasteiger partial charge on any atom is 0.239 e. The van der Waals surface area contributed by atoms with Crippen molar-refractivity contribution in [2.75, 3.05) is 13.7 Å². The van der Waals surface area contributed by atoms with E-state index in [4.69, 9.17) is 10.5 Å². The van der Waals surface area contributed by atoms with E-state index in [2.05, 4.69) is 5.32 Å². The van der Waals surface area contributed by atoms with E-state index in [1.807, 2.05) is 6.92 Å². The second-order valence-electron chi connectivity index (χ2n) is 4.85. The molecule has 1 rings (SSSR count). The van der Waals surface area contributed by atoms with E-state index < -0.39 is 6.04 Å². The topological polar surface area (TPSA) is 84.6 Å². The second kappa shape index (κ2) is 6.93. The minimum Gasteiger partial charge on any atom is -0.393 e. The predicted molar refractivity (Wildman–Crippen MR) is 65.4 cm³/mol. The lowest BCUT2D eigenvalue weighted by molar-refractivity contribution is -0.125. The summed E-state index contributed by atoms with van der Waals surface area (Å²) in [7, 11) is 1.57. The van der Waals surface area contributed by atoms with Crippen LogP contribution < -0.4 is 11.1 Å². The number of amides is 1. The Morgan fingerprint density at radius 1 is 1.47 bits per heavy atom.